The summed E-state index contributed by atoms with van der Waals surface area (Å²) in [6, 6.07) is 0. The molecule has 0 radical (unpaired) electrons. The molecule has 0 unspecified atom stereocenters. The number of hydrogen-bond acceptors (Lipinski definition) is 2. The van der Waals surface area contributed by atoms with Gasteiger partial charge in [0.1, 0.15) is 5.78 Å². The number of aliphatic hydroxyl groups excluding tert-OH is 1. The molecular weight excluding hydrogens is 353 g/mol. The van der Waals surface area contributed by atoms with Crippen LogP contribution in [-0.4, -0.2) is 27.6 Å². The molecule has 0 heterocycles. The Labute approximate surface area is 143 Å². The Kier molecular flexibility index (Phi) is 72.3. The Morgan fingerprint density at radius 2 is 1.05 bits per heavy atom. The lowest BCUT2D eigenvalue weighted by atomic mass is 10.2. The predicted molar refractivity (Wildman–Crippen MR) is 92.2 cm³/mol. The molecule has 2 nitrogen and oxygen atoms in total. The first-order valence-electron chi connectivity index (χ1n) is 5.75. The van der Waals surface area contributed by atoms with Crippen molar-refractivity contribution < 1.29 is 9.90 Å². The number of rotatable bonds is 3. The summed E-state index contributed by atoms with van der Waals surface area (Å²) < 4.78 is -0.750. The molecule has 0 aromatic rings. The summed E-state index contributed by atoms with van der Waals surface area (Å²) in [5, 5.41) is 7.19. The highest BCUT2D eigenvalue weighted by atomic mass is 35.6. The molecule has 0 amide bonds. The fraction of sp³-hybridized carbons (Fsp3) is 0.917. The molecule has 0 saturated carbocycles. The van der Waals surface area contributed by atoms with Gasteiger partial charge in [-0.2, -0.15) is 0 Å². The van der Waals surface area contributed by atoms with Crippen LogP contribution < -0.4 is 0 Å². The monoisotopic (exact) mass is 378 g/mol. The maximum atomic E-state index is 9.44. The van der Waals surface area contributed by atoms with E-state index in [4.69, 9.17) is 63.1 Å². The third kappa shape index (κ3) is 334. The van der Waals surface area contributed by atoms with Crippen LogP contribution in [0.25, 0.3) is 0 Å². The number of halogens is 5. The van der Waals surface area contributed by atoms with Crippen LogP contribution in [0, 0.1) is 0 Å². The van der Waals surface area contributed by atoms with Crippen LogP contribution in [0.4, 0.5) is 0 Å². The highest BCUT2D eigenvalue weighted by molar-refractivity contribution is 6.63. The first-order chi connectivity index (χ1) is 8.79. The largest absolute Gasteiger partial charge is 0.400 e. The van der Waals surface area contributed by atoms with Gasteiger partial charge in [-0.05, 0) is 13.8 Å². The number of Topliss-reactive ketones (excluding diaryl/α,β-unsaturated/α-hetero) is 1. The van der Waals surface area contributed by atoms with E-state index >= 15 is 0 Å². The highest BCUT2D eigenvalue weighted by Gasteiger charge is 1.79. The van der Waals surface area contributed by atoms with Gasteiger partial charge < -0.3 is 9.90 Å². The molecule has 7 heteroatoms. The second kappa shape index (κ2) is 42.7. The van der Waals surface area contributed by atoms with Crippen LogP contribution in [0.2, 0.25) is 0 Å². The summed E-state index contributed by atoms with van der Waals surface area (Å²) >= 11 is 23.9. The van der Waals surface area contributed by atoms with Gasteiger partial charge in [-0.3, -0.25) is 0 Å². The summed E-state index contributed by atoms with van der Waals surface area (Å²) in [5.41, 5.74) is 0. The second-order valence-corrected chi connectivity index (χ2v) is 5.75. The van der Waals surface area contributed by atoms with Gasteiger partial charge in [0.05, 0.1) is 5.34 Å². The van der Waals surface area contributed by atoms with Crippen molar-refractivity contribution in [3.05, 3.63) is 0 Å². The number of ketones is 1. The summed E-state index contributed by atoms with van der Waals surface area (Å²) in [4.78, 5) is 9.44. The molecule has 0 aliphatic carbocycles. The van der Waals surface area contributed by atoms with Crippen molar-refractivity contribution in [1.82, 2.24) is 0 Å². The lowest BCUT2D eigenvalue weighted by molar-refractivity contribution is -0.114. The highest BCUT2D eigenvalue weighted by Crippen LogP contribution is 2.03. The number of aliphatic hydroxyl groups is 1. The van der Waals surface area contributed by atoms with Crippen molar-refractivity contribution in [2.45, 2.75) is 57.7 Å². The molecule has 0 aliphatic rings. The van der Waals surface area contributed by atoms with E-state index < -0.39 is 4.30 Å². The van der Waals surface area contributed by atoms with E-state index in [1.807, 2.05) is 0 Å². The predicted octanol–water partition coefficient (Wildman–Crippen LogP) is 6.20. The normalized spacial score (nSPS) is 7.37. The zero-order valence-electron chi connectivity index (χ0n) is 12.4. The van der Waals surface area contributed by atoms with E-state index in [2.05, 4.69) is 13.8 Å². The van der Waals surface area contributed by atoms with Crippen molar-refractivity contribution in [1.29, 1.82) is 0 Å². The van der Waals surface area contributed by atoms with Crippen molar-refractivity contribution in [2.24, 2.45) is 0 Å². The minimum absolute atomic E-state index is 0.167. The van der Waals surface area contributed by atoms with Gasteiger partial charge in [-0.1, -0.05) is 74.3 Å². The molecule has 0 spiro atoms. The van der Waals surface area contributed by atoms with E-state index in [-0.39, 0.29) is 11.1 Å². The van der Waals surface area contributed by atoms with Crippen LogP contribution in [0.5, 0.6) is 0 Å². The van der Waals surface area contributed by atoms with Crippen molar-refractivity contribution in [2.75, 3.05) is 12.4 Å². The van der Waals surface area contributed by atoms with Gasteiger partial charge >= 0.3 is 0 Å². The number of unbranched alkanes of at least 4 members (excludes halogenated alkanes) is 3. The van der Waals surface area contributed by atoms with Crippen LogP contribution in [-0.2, 0) is 4.79 Å². The fourth-order valence-electron chi connectivity index (χ4n) is 0.500. The van der Waals surface area contributed by atoms with Gasteiger partial charge in [-0.15, -0.1) is 23.2 Å². The van der Waals surface area contributed by atoms with Gasteiger partial charge in [0.2, 0.25) is 0 Å². The molecule has 122 valence electrons. The van der Waals surface area contributed by atoms with Crippen LogP contribution in [0.1, 0.15) is 53.4 Å². The Bertz CT molecular complexity index is 114. The molecule has 1 N–H and O–H groups in total. The van der Waals surface area contributed by atoms with Crippen molar-refractivity contribution in [3.63, 3.8) is 0 Å². The van der Waals surface area contributed by atoms with E-state index in [1.54, 1.807) is 0 Å². The molecular formula is C12H27Cl5O2. The third-order valence-electron chi connectivity index (χ3n) is 0.957. The maximum absolute atomic E-state index is 9.44. The Balaban J connectivity index is -0.0000000452. The SMILES string of the molecule is CC(C)=O.CCCCCC.CO.ClC(Cl)Cl.ClCCl. The standard InChI is InChI=1S/C6H14.C3H6O.CHCl3.CH2Cl2.CH4O/c1-3-5-6-4-2;1-3(2)4;2-1(3)4;2-1-3;1-2/h3-6H2,1-2H3;1-2H3;1H;1H2;2H,1H3. The minimum atomic E-state index is -0.750. The molecule has 0 aromatic heterocycles. The molecule has 19 heavy (non-hydrogen) atoms. The number of hydrogen-bond donors (Lipinski definition) is 1. The van der Waals surface area contributed by atoms with E-state index in [9.17, 15) is 4.79 Å². The summed E-state index contributed by atoms with van der Waals surface area (Å²) in [5.74, 6) is 0.167. The Morgan fingerprint density at radius 1 is 0.947 bits per heavy atom. The number of alkyl halides is 5. The van der Waals surface area contributed by atoms with Gasteiger partial charge in [0.15, 0.2) is 4.30 Å². The minimum Gasteiger partial charge on any atom is -0.400 e. The second-order valence-electron chi connectivity index (χ2n) is 2.96. The average molecular weight is 381 g/mol. The average Bonchev–Trinajstić information content (AvgIpc) is 2.28. The van der Waals surface area contributed by atoms with E-state index in [1.165, 1.54) is 39.5 Å². The molecule has 0 aromatic carbocycles. The molecule has 0 bridgehead atoms. The van der Waals surface area contributed by atoms with E-state index in [0.29, 0.717) is 0 Å². The zero-order chi connectivity index (χ0) is 16.7. The summed E-state index contributed by atoms with van der Waals surface area (Å²) in [6.07, 6.45) is 5.54. The van der Waals surface area contributed by atoms with Gasteiger partial charge in [0, 0.05) is 7.11 Å². The van der Waals surface area contributed by atoms with Crippen LogP contribution in [0.3, 0.4) is 0 Å². The molecule has 0 aliphatic heterocycles. The molecule has 0 fully saturated rings. The Hall–Kier alpha value is 1.08. The topological polar surface area (TPSA) is 37.3 Å². The Morgan fingerprint density at radius 3 is 1.11 bits per heavy atom. The molecule has 0 rings (SSSR count). The first kappa shape index (κ1) is 32.1. The quantitative estimate of drug-likeness (QED) is 0.467. The van der Waals surface area contributed by atoms with Crippen LogP contribution >= 0.6 is 58.0 Å². The summed E-state index contributed by atoms with van der Waals surface area (Å²) in [7, 11) is 1.00. The van der Waals surface area contributed by atoms with E-state index in [0.717, 1.165) is 7.11 Å². The smallest absolute Gasteiger partial charge is 0.180 e. The molecule has 0 saturated heterocycles. The van der Waals surface area contributed by atoms with Crippen LogP contribution in [0.15, 0.2) is 0 Å². The van der Waals surface area contributed by atoms with Crippen molar-refractivity contribution in [3.8, 4) is 0 Å². The lowest BCUT2D eigenvalue weighted by Crippen LogP contribution is -1.69. The fourth-order valence-corrected chi connectivity index (χ4v) is 0.500. The van der Waals surface area contributed by atoms with Crippen molar-refractivity contribution >= 4 is 63.8 Å². The summed E-state index contributed by atoms with van der Waals surface area (Å²) in [6.45, 7) is 7.52. The lowest BCUT2D eigenvalue weighted by Gasteiger charge is -1.86. The maximum Gasteiger partial charge on any atom is 0.180 e. The van der Waals surface area contributed by atoms with Gasteiger partial charge in [-0.25, -0.2) is 0 Å². The molecule has 0 atom stereocenters. The zero-order valence-corrected chi connectivity index (χ0v) is 16.1. The van der Waals surface area contributed by atoms with Gasteiger partial charge in [0.25, 0.3) is 0 Å². The first-order valence-corrected chi connectivity index (χ1v) is 8.13. The number of carbonyl (C=O) groups excluding carboxylic acids is 1. The number of carbonyl (C=O) groups is 1. The third-order valence-corrected chi connectivity index (χ3v) is 0.957.